The summed E-state index contributed by atoms with van der Waals surface area (Å²) in [5.41, 5.74) is 8.74. The predicted molar refractivity (Wildman–Crippen MR) is 132 cm³/mol. The van der Waals surface area contributed by atoms with E-state index in [4.69, 9.17) is 0 Å². The van der Waals surface area contributed by atoms with E-state index in [9.17, 15) is 0 Å². The molecule has 0 aliphatic heterocycles. The van der Waals surface area contributed by atoms with E-state index in [1.54, 1.807) is 3.26 Å². The van der Waals surface area contributed by atoms with Gasteiger partial charge in [0, 0.05) is 0 Å². The van der Waals surface area contributed by atoms with Crippen molar-refractivity contribution in [2.75, 3.05) is 0 Å². The summed E-state index contributed by atoms with van der Waals surface area (Å²) < 4.78 is 2.70. The standard InChI is InChI=1S/C13H9.C13H10.C5H5.2ClH.Hf/c1-3-7-12-10(5-1)9-11-6-2-4-8-13(11)12;1-3-7-12(8-4-1)11-13-9-5-2-6-10-13;1-2-4-5-3-1;;;/h1-9H;1-10H;1-5H;2*1H;/q;;;;;+2/p-2. The van der Waals surface area contributed by atoms with Gasteiger partial charge < -0.3 is 24.8 Å². The molecule has 4 aromatic carbocycles. The van der Waals surface area contributed by atoms with Crippen molar-refractivity contribution in [2.45, 2.75) is 7.35 Å². The van der Waals surface area contributed by atoms with Gasteiger partial charge in [0.15, 0.2) is 0 Å². The fraction of sp³-hybridized carbons (Fsp3) is 0.0645. The van der Waals surface area contributed by atoms with Crippen LogP contribution in [-0.2, 0) is 21.0 Å². The van der Waals surface area contributed by atoms with Gasteiger partial charge in [0.2, 0.25) is 0 Å². The zero-order valence-corrected chi connectivity index (χ0v) is 23.7. The van der Waals surface area contributed by atoms with Crippen molar-refractivity contribution >= 4 is 3.26 Å². The largest absolute Gasteiger partial charge is 1.00 e. The second-order valence-corrected chi connectivity index (χ2v) is 18.0. The zero-order valence-electron chi connectivity index (χ0n) is 18.6. The molecular formula is C31H24Cl2Hf. The average Bonchev–Trinajstić information content (AvgIpc) is 3.51. The van der Waals surface area contributed by atoms with E-state index in [2.05, 4.69) is 133 Å². The van der Waals surface area contributed by atoms with Crippen molar-refractivity contribution in [3.63, 3.8) is 0 Å². The van der Waals surface area contributed by atoms with E-state index in [0.717, 1.165) is 0 Å². The van der Waals surface area contributed by atoms with Crippen LogP contribution >= 0.6 is 0 Å². The summed E-state index contributed by atoms with van der Waals surface area (Å²) >= 11 is -2.67. The molecule has 0 saturated carbocycles. The second-order valence-electron chi connectivity index (χ2n) is 8.47. The van der Waals surface area contributed by atoms with Gasteiger partial charge in [-0.3, -0.25) is 0 Å². The van der Waals surface area contributed by atoms with Crippen LogP contribution in [0.25, 0.3) is 11.1 Å². The van der Waals surface area contributed by atoms with Crippen molar-refractivity contribution < 1.29 is 45.8 Å². The molecule has 6 rings (SSSR count). The first-order valence-corrected chi connectivity index (χ1v) is 17.2. The third kappa shape index (κ3) is 4.38. The molecule has 0 heterocycles. The molecule has 0 amide bonds. The molecule has 0 bridgehead atoms. The molecule has 0 spiro atoms. The molecule has 2 aliphatic rings. The van der Waals surface area contributed by atoms with Gasteiger partial charge >= 0.3 is 198 Å². The molecule has 2 aliphatic carbocycles. The van der Waals surface area contributed by atoms with E-state index < -0.39 is 21.0 Å². The topological polar surface area (TPSA) is 0 Å². The molecule has 3 heteroatoms. The van der Waals surface area contributed by atoms with Gasteiger partial charge in [-0.2, -0.15) is 0 Å². The molecule has 0 radical (unpaired) electrons. The fourth-order valence-electron chi connectivity index (χ4n) is 5.34. The van der Waals surface area contributed by atoms with Crippen molar-refractivity contribution in [3.05, 3.63) is 156 Å². The Bertz CT molecular complexity index is 1270. The smallest absolute Gasteiger partial charge is 1.00 e. The second kappa shape index (κ2) is 11.0. The Labute approximate surface area is 221 Å². The summed E-state index contributed by atoms with van der Waals surface area (Å²) in [4.78, 5) is 0. The summed E-state index contributed by atoms with van der Waals surface area (Å²) in [6.45, 7) is 0. The molecule has 0 atom stereocenters. The summed E-state index contributed by atoms with van der Waals surface area (Å²) in [7, 11) is 0. The van der Waals surface area contributed by atoms with Crippen LogP contribution in [0.15, 0.2) is 133 Å². The molecule has 0 unspecified atom stereocenters. The Kier molecular flexibility index (Phi) is 7.99. The van der Waals surface area contributed by atoms with Crippen LogP contribution in [0.4, 0.5) is 0 Å². The van der Waals surface area contributed by atoms with Gasteiger partial charge in [0.1, 0.15) is 0 Å². The minimum absolute atomic E-state index is 0. The average molecular weight is 646 g/mol. The van der Waals surface area contributed by atoms with E-state index >= 15 is 0 Å². The third-order valence-corrected chi connectivity index (χ3v) is 19.2. The SMILES string of the molecule is C1=C[CH]([Hf+2](=[C](c2ccccc2)c2ccccc2)[CH]2c3ccccc3-c3ccccc32)C=C1.[Cl-].[Cl-]. The van der Waals surface area contributed by atoms with Crippen LogP contribution in [0.5, 0.6) is 0 Å². The van der Waals surface area contributed by atoms with Crippen LogP contribution in [0.3, 0.4) is 0 Å². The summed E-state index contributed by atoms with van der Waals surface area (Å²) in [5, 5.41) is 0. The minimum atomic E-state index is -2.67. The number of fused-ring (bicyclic) bond motifs is 3. The van der Waals surface area contributed by atoms with Crippen LogP contribution in [0.1, 0.15) is 25.9 Å². The van der Waals surface area contributed by atoms with Crippen molar-refractivity contribution in [2.24, 2.45) is 0 Å². The first-order chi connectivity index (χ1) is 15.9. The van der Waals surface area contributed by atoms with E-state index in [1.807, 2.05) is 0 Å². The van der Waals surface area contributed by atoms with Crippen LogP contribution in [0.2, 0.25) is 3.67 Å². The Morgan fingerprint density at radius 2 is 0.912 bits per heavy atom. The first-order valence-electron chi connectivity index (χ1n) is 11.3. The normalized spacial score (nSPS) is 13.3. The molecule has 0 aromatic heterocycles. The summed E-state index contributed by atoms with van der Waals surface area (Å²) in [6.07, 6.45) is 9.46. The van der Waals surface area contributed by atoms with E-state index in [1.165, 1.54) is 33.4 Å². The van der Waals surface area contributed by atoms with Gasteiger partial charge in [-0.1, -0.05) is 0 Å². The maximum absolute atomic E-state index is 2.67. The number of rotatable bonds is 4. The molecule has 34 heavy (non-hydrogen) atoms. The predicted octanol–water partition coefficient (Wildman–Crippen LogP) is 1.57. The zero-order chi connectivity index (χ0) is 21.3. The summed E-state index contributed by atoms with van der Waals surface area (Å²) in [6, 6.07) is 40.6. The Morgan fingerprint density at radius 1 is 0.500 bits per heavy atom. The van der Waals surface area contributed by atoms with Crippen molar-refractivity contribution in [3.8, 4) is 11.1 Å². The van der Waals surface area contributed by atoms with Gasteiger partial charge in [0.05, 0.1) is 0 Å². The van der Waals surface area contributed by atoms with Crippen LogP contribution in [-0.4, -0.2) is 3.26 Å². The number of halogens is 2. The number of hydrogen-bond donors (Lipinski definition) is 0. The quantitative estimate of drug-likeness (QED) is 0.296. The Balaban J connectivity index is 0.00000137. The van der Waals surface area contributed by atoms with Crippen molar-refractivity contribution in [1.82, 2.24) is 0 Å². The molecule has 0 N–H and O–H groups in total. The number of allylic oxidation sites excluding steroid dienone is 4. The number of benzene rings is 4. The first kappa shape index (κ1) is 24.8. The minimum Gasteiger partial charge on any atom is -1.00 e. The van der Waals surface area contributed by atoms with E-state index in [-0.39, 0.29) is 24.8 Å². The van der Waals surface area contributed by atoms with Gasteiger partial charge in [-0.25, -0.2) is 0 Å². The molecular weight excluding hydrogens is 622 g/mol. The Hall–Kier alpha value is -2.32. The molecule has 0 saturated heterocycles. The fourth-order valence-corrected chi connectivity index (χ4v) is 19.1. The Morgan fingerprint density at radius 3 is 1.38 bits per heavy atom. The maximum atomic E-state index is 2.47. The maximum Gasteiger partial charge on any atom is -1.00 e. The van der Waals surface area contributed by atoms with Crippen LogP contribution < -0.4 is 24.8 Å². The molecule has 4 aromatic rings. The van der Waals surface area contributed by atoms with E-state index in [0.29, 0.717) is 7.35 Å². The molecule has 0 nitrogen and oxygen atoms in total. The summed E-state index contributed by atoms with van der Waals surface area (Å²) in [5.74, 6) is 0. The number of hydrogen-bond acceptors (Lipinski definition) is 0. The van der Waals surface area contributed by atoms with Crippen molar-refractivity contribution in [1.29, 1.82) is 0 Å². The monoisotopic (exact) mass is 646 g/mol. The molecule has 166 valence electrons. The van der Waals surface area contributed by atoms with Gasteiger partial charge in [-0.15, -0.1) is 0 Å². The third-order valence-electron chi connectivity index (χ3n) is 6.67. The van der Waals surface area contributed by atoms with Gasteiger partial charge in [-0.05, 0) is 0 Å². The van der Waals surface area contributed by atoms with Gasteiger partial charge in [0.25, 0.3) is 0 Å². The van der Waals surface area contributed by atoms with Crippen LogP contribution in [0, 0.1) is 0 Å². The molecule has 0 fully saturated rings.